The van der Waals surface area contributed by atoms with Crippen molar-refractivity contribution in [2.24, 2.45) is 10.9 Å². The number of rotatable bonds is 9. The van der Waals surface area contributed by atoms with Crippen molar-refractivity contribution < 1.29 is 9.90 Å². The molecule has 0 radical (unpaired) electrons. The Balaban J connectivity index is 1.69. The Morgan fingerprint density at radius 2 is 1.47 bits per heavy atom. The Hall–Kier alpha value is -3.11. The van der Waals surface area contributed by atoms with Crippen LogP contribution in [0.3, 0.4) is 0 Å². The van der Waals surface area contributed by atoms with Gasteiger partial charge in [-0.25, -0.2) is 0 Å². The molecule has 0 heterocycles. The van der Waals surface area contributed by atoms with Crippen LogP contribution in [0, 0.1) is 12.8 Å². The molecule has 3 aromatic carbocycles. The molecule has 0 aromatic heterocycles. The van der Waals surface area contributed by atoms with Crippen molar-refractivity contribution >= 4 is 28.8 Å². The van der Waals surface area contributed by atoms with Crippen molar-refractivity contribution in [1.29, 1.82) is 0 Å². The van der Waals surface area contributed by atoms with Gasteiger partial charge in [0, 0.05) is 33.7 Å². The maximum Gasteiger partial charge on any atom is 0.227 e. The number of aliphatic hydroxyl groups is 1. The van der Waals surface area contributed by atoms with Crippen LogP contribution in [0.4, 0.5) is 0 Å². The lowest BCUT2D eigenvalue weighted by molar-refractivity contribution is 0.0979. The second-order valence-corrected chi connectivity index (χ2v) is 10.0. The number of hydrogen-bond donors (Lipinski definition) is 1. The summed E-state index contributed by atoms with van der Waals surface area (Å²) in [7, 11) is 1.86. The van der Waals surface area contributed by atoms with E-state index in [-0.39, 0.29) is 11.5 Å². The Bertz CT molecular complexity index is 1190. The summed E-state index contributed by atoms with van der Waals surface area (Å²) in [6.07, 6.45) is 2.12. The van der Waals surface area contributed by atoms with E-state index in [2.05, 4.69) is 43.1 Å². The molecule has 0 unspecified atom stereocenters. The molecular weight excluding hydrogens is 438 g/mol. The lowest BCUT2D eigenvalue weighted by atomic mass is 9.98. The van der Waals surface area contributed by atoms with Crippen molar-refractivity contribution in [3.05, 3.63) is 101 Å². The maximum absolute atomic E-state index is 12.8. The average molecular weight is 472 g/mol. The number of hydrogen-bond acceptors (Lipinski definition) is 4. The topological polar surface area (TPSA) is 49.7 Å². The van der Waals surface area contributed by atoms with Gasteiger partial charge in [0.1, 0.15) is 0 Å². The largest absolute Gasteiger partial charge is 0.504 e. The third kappa shape index (κ3) is 6.48. The molecule has 1 N–H and O–H groups in total. The summed E-state index contributed by atoms with van der Waals surface area (Å²) in [6, 6.07) is 23.6. The van der Waals surface area contributed by atoms with Crippen LogP contribution in [0.1, 0.15) is 60.7 Å². The smallest absolute Gasteiger partial charge is 0.227 e. The van der Waals surface area contributed by atoms with Crippen molar-refractivity contribution in [2.75, 3.05) is 7.05 Å². The highest BCUT2D eigenvalue weighted by Crippen LogP contribution is 2.29. The summed E-state index contributed by atoms with van der Waals surface area (Å²) < 4.78 is 0. The Kier molecular flexibility index (Phi) is 8.89. The van der Waals surface area contributed by atoms with Crippen LogP contribution in [0.5, 0.6) is 0 Å². The molecule has 0 bridgehead atoms. The third-order valence-electron chi connectivity index (χ3n) is 5.89. The first-order valence-corrected chi connectivity index (χ1v) is 12.5. The molecule has 34 heavy (non-hydrogen) atoms. The zero-order chi connectivity index (χ0) is 24.7. The molecule has 0 spiro atoms. The van der Waals surface area contributed by atoms with Crippen LogP contribution < -0.4 is 0 Å². The molecule has 176 valence electrons. The normalized spacial score (nSPS) is 12.6. The number of aryl methyl sites for hydroxylation is 1. The number of Topliss-reactive ketones (excluding diaryl/α,β-unsaturated/α-hetero) is 1. The Labute approximate surface area is 207 Å². The SMILES string of the molecule is C/N=C(\CCC(C)C)c1ccc(Sc2ccc(C(=O)/C(O)=C(\C)c3ccccc3C)cc2)cc1. The van der Waals surface area contributed by atoms with Gasteiger partial charge in [0.2, 0.25) is 5.78 Å². The Morgan fingerprint density at radius 1 is 0.912 bits per heavy atom. The minimum Gasteiger partial charge on any atom is -0.504 e. The van der Waals surface area contributed by atoms with Crippen LogP contribution in [0.15, 0.2) is 93.3 Å². The first-order valence-electron chi connectivity index (χ1n) is 11.6. The summed E-state index contributed by atoms with van der Waals surface area (Å²) in [5, 5.41) is 10.6. The summed E-state index contributed by atoms with van der Waals surface area (Å²) in [5.74, 6) is 0.0794. The minimum absolute atomic E-state index is 0.212. The molecule has 4 heteroatoms. The van der Waals surface area contributed by atoms with E-state index < -0.39 is 0 Å². The lowest BCUT2D eigenvalue weighted by Gasteiger charge is -2.10. The molecule has 0 aliphatic rings. The molecule has 0 atom stereocenters. The fourth-order valence-corrected chi connectivity index (χ4v) is 4.58. The van der Waals surface area contributed by atoms with Gasteiger partial charge in [-0.1, -0.05) is 62.0 Å². The monoisotopic (exact) mass is 471 g/mol. The second-order valence-electron chi connectivity index (χ2n) is 8.87. The van der Waals surface area contributed by atoms with Gasteiger partial charge in [0.05, 0.1) is 0 Å². The van der Waals surface area contributed by atoms with E-state index in [1.807, 2.05) is 50.4 Å². The van der Waals surface area contributed by atoms with Gasteiger partial charge in [-0.15, -0.1) is 0 Å². The molecule has 0 aliphatic heterocycles. The van der Waals surface area contributed by atoms with E-state index in [4.69, 9.17) is 0 Å². The van der Waals surface area contributed by atoms with Gasteiger partial charge in [-0.3, -0.25) is 9.79 Å². The maximum atomic E-state index is 12.8. The van der Waals surface area contributed by atoms with Gasteiger partial charge in [-0.2, -0.15) is 0 Å². The number of nitrogens with zero attached hydrogens (tertiary/aromatic N) is 1. The second kappa shape index (κ2) is 11.8. The van der Waals surface area contributed by atoms with Crippen LogP contribution in [0.25, 0.3) is 5.57 Å². The van der Waals surface area contributed by atoms with E-state index in [1.54, 1.807) is 30.8 Å². The van der Waals surface area contributed by atoms with E-state index in [0.717, 1.165) is 39.5 Å². The lowest BCUT2D eigenvalue weighted by Crippen LogP contribution is -2.05. The summed E-state index contributed by atoms with van der Waals surface area (Å²) >= 11 is 1.64. The fourth-order valence-electron chi connectivity index (χ4n) is 3.76. The van der Waals surface area contributed by atoms with Gasteiger partial charge < -0.3 is 5.11 Å². The summed E-state index contributed by atoms with van der Waals surface area (Å²) in [6.45, 7) is 8.21. The highest BCUT2D eigenvalue weighted by atomic mass is 32.2. The Morgan fingerprint density at radius 3 is 2.00 bits per heavy atom. The molecular formula is C30H33NO2S. The predicted octanol–water partition coefficient (Wildman–Crippen LogP) is 8.17. The molecule has 0 saturated heterocycles. The van der Waals surface area contributed by atoms with Gasteiger partial charge in [0.15, 0.2) is 5.76 Å². The van der Waals surface area contributed by atoms with E-state index in [0.29, 0.717) is 17.1 Å². The molecule has 3 nitrogen and oxygen atoms in total. The number of benzene rings is 3. The van der Waals surface area contributed by atoms with E-state index in [1.165, 1.54) is 5.56 Å². The molecule has 0 fully saturated rings. The van der Waals surface area contributed by atoms with Crippen LogP contribution in [-0.2, 0) is 0 Å². The van der Waals surface area contributed by atoms with Crippen molar-refractivity contribution in [3.8, 4) is 0 Å². The molecule has 0 saturated carbocycles. The first-order chi connectivity index (χ1) is 16.3. The molecule has 3 rings (SSSR count). The molecule has 0 amide bonds. The minimum atomic E-state index is -0.366. The van der Waals surface area contributed by atoms with Gasteiger partial charge >= 0.3 is 0 Å². The van der Waals surface area contributed by atoms with E-state index in [9.17, 15) is 9.90 Å². The quantitative estimate of drug-likeness (QED) is 0.148. The molecule has 0 aliphatic carbocycles. The van der Waals surface area contributed by atoms with Crippen molar-refractivity contribution in [1.82, 2.24) is 0 Å². The number of aliphatic imine (C=N–C) groups is 1. The first kappa shape index (κ1) is 25.5. The van der Waals surface area contributed by atoms with Gasteiger partial charge in [0.25, 0.3) is 0 Å². The summed E-state index contributed by atoms with van der Waals surface area (Å²) in [5.41, 5.74) is 5.27. The number of carbonyl (C=O) groups is 1. The average Bonchev–Trinajstić information content (AvgIpc) is 2.84. The molecule has 3 aromatic rings. The zero-order valence-corrected chi connectivity index (χ0v) is 21.4. The summed E-state index contributed by atoms with van der Waals surface area (Å²) in [4.78, 5) is 19.5. The van der Waals surface area contributed by atoms with E-state index >= 15 is 0 Å². The number of allylic oxidation sites excluding steroid dienone is 2. The highest BCUT2D eigenvalue weighted by molar-refractivity contribution is 7.99. The third-order valence-corrected chi connectivity index (χ3v) is 6.90. The zero-order valence-electron chi connectivity index (χ0n) is 20.6. The number of ketones is 1. The number of carbonyl (C=O) groups excluding carboxylic acids is 1. The van der Waals surface area contributed by atoms with Crippen molar-refractivity contribution in [3.63, 3.8) is 0 Å². The predicted molar refractivity (Wildman–Crippen MR) is 144 cm³/mol. The van der Waals surface area contributed by atoms with Crippen molar-refractivity contribution in [2.45, 2.75) is 50.3 Å². The fraction of sp³-hybridized carbons (Fsp3) is 0.267. The number of aliphatic hydroxyl groups excluding tert-OH is 1. The van der Waals surface area contributed by atoms with Crippen LogP contribution in [0.2, 0.25) is 0 Å². The van der Waals surface area contributed by atoms with Gasteiger partial charge in [-0.05, 0) is 85.7 Å². The van der Waals surface area contributed by atoms with Crippen LogP contribution in [-0.4, -0.2) is 23.6 Å². The standard InChI is InChI=1S/C30H33NO2S/c1-20(2)10-19-28(31-5)23-11-15-25(16-12-23)34-26-17-13-24(14-18-26)30(33)29(32)22(4)27-9-7-6-8-21(27)3/h6-9,11-18,20,32H,10,19H2,1-5H3/b29-22-,31-28+. The van der Waals surface area contributed by atoms with Crippen LogP contribution >= 0.6 is 11.8 Å². The highest BCUT2D eigenvalue weighted by Gasteiger charge is 2.16.